The van der Waals surface area contributed by atoms with Gasteiger partial charge in [0.25, 0.3) is 6.43 Å². The van der Waals surface area contributed by atoms with Gasteiger partial charge >= 0.3 is 5.97 Å². The van der Waals surface area contributed by atoms with Gasteiger partial charge in [0.05, 0.1) is 5.92 Å². The van der Waals surface area contributed by atoms with Crippen molar-refractivity contribution in [2.24, 2.45) is 5.92 Å². The third-order valence-electron chi connectivity index (χ3n) is 4.61. The summed E-state index contributed by atoms with van der Waals surface area (Å²) in [5.74, 6) is -0.419. The van der Waals surface area contributed by atoms with Crippen LogP contribution in [0.4, 0.5) is 8.78 Å². The highest BCUT2D eigenvalue weighted by Gasteiger charge is 2.30. The number of carbonyl (C=O) groups excluding carboxylic acids is 1. The number of nitrogens with zero attached hydrogens (tertiary/aromatic N) is 1. The van der Waals surface area contributed by atoms with Crippen LogP contribution in [0.25, 0.3) is 0 Å². The summed E-state index contributed by atoms with van der Waals surface area (Å²) in [6.45, 7) is 3.62. The zero-order chi connectivity index (χ0) is 22.4. The quantitative estimate of drug-likeness (QED) is 0.352. The Kier molecular flexibility index (Phi) is 7.37. The third kappa shape index (κ3) is 5.68. The molecule has 1 heterocycles. The van der Waals surface area contributed by atoms with Crippen LogP contribution in [-0.4, -0.2) is 5.97 Å². The molecule has 2 aromatic carbocycles. The highest BCUT2D eigenvalue weighted by Crippen LogP contribution is 2.35. The van der Waals surface area contributed by atoms with Crippen LogP contribution in [-0.2, 0) is 9.53 Å². The number of thiophene rings is 1. The number of carbonyl (C=O) groups is 1. The van der Waals surface area contributed by atoms with E-state index in [1.807, 2.05) is 38.1 Å². The molecule has 0 spiro atoms. The third-order valence-corrected chi connectivity index (χ3v) is 5.64. The molecule has 0 aliphatic carbocycles. The van der Waals surface area contributed by atoms with Crippen LogP contribution in [0.3, 0.4) is 0 Å². The van der Waals surface area contributed by atoms with E-state index in [4.69, 9.17) is 9.47 Å². The van der Waals surface area contributed by atoms with E-state index in [1.54, 1.807) is 36.4 Å². The van der Waals surface area contributed by atoms with Crippen LogP contribution in [0, 0.1) is 17.2 Å². The molecule has 160 valence electrons. The van der Waals surface area contributed by atoms with Crippen LogP contribution in [0.5, 0.6) is 11.5 Å². The van der Waals surface area contributed by atoms with E-state index in [0.717, 1.165) is 11.3 Å². The van der Waals surface area contributed by atoms with E-state index in [2.05, 4.69) is 0 Å². The van der Waals surface area contributed by atoms with E-state index < -0.39 is 24.4 Å². The average molecular weight is 441 g/mol. The maximum Gasteiger partial charge on any atom is 0.316 e. The van der Waals surface area contributed by atoms with Crippen molar-refractivity contribution >= 4 is 17.3 Å². The van der Waals surface area contributed by atoms with Gasteiger partial charge in [-0.3, -0.25) is 4.79 Å². The molecule has 1 aromatic heterocycles. The Morgan fingerprint density at radius 1 is 1.00 bits per heavy atom. The molecule has 0 saturated heterocycles. The SMILES string of the molecule is CC(C)C(C(=O)OC(C#N)c1cccc(Oc2ccccc2)c1)c1cc(C(F)F)cs1. The Morgan fingerprint density at radius 2 is 1.71 bits per heavy atom. The first-order valence-corrected chi connectivity index (χ1v) is 10.6. The fraction of sp³-hybridized carbons (Fsp3) is 0.250. The molecule has 0 radical (unpaired) electrons. The minimum atomic E-state index is -2.60. The lowest BCUT2D eigenvalue weighted by Gasteiger charge is -2.20. The van der Waals surface area contributed by atoms with Gasteiger partial charge < -0.3 is 9.47 Å². The molecule has 0 amide bonds. The average Bonchev–Trinajstić information content (AvgIpc) is 3.22. The molecule has 2 unspecified atom stereocenters. The summed E-state index contributed by atoms with van der Waals surface area (Å²) in [5.41, 5.74) is 0.340. The molecule has 0 saturated carbocycles. The number of alkyl halides is 2. The van der Waals surface area contributed by atoms with Gasteiger partial charge in [-0.2, -0.15) is 5.26 Å². The number of rotatable bonds is 8. The summed E-state index contributed by atoms with van der Waals surface area (Å²) in [6, 6.07) is 19.2. The Morgan fingerprint density at radius 3 is 2.32 bits per heavy atom. The van der Waals surface area contributed by atoms with Crippen molar-refractivity contribution < 1.29 is 23.0 Å². The highest BCUT2D eigenvalue weighted by molar-refractivity contribution is 7.10. The molecule has 2 atom stereocenters. The zero-order valence-corrected chi connectivity index (χ0v) is 17.8. The second-order valence-corrected chi connectivity index (χ2v) is 8.18. The molecular weight excluding hydrogens is 420 g/mol. The summed E-state index contributed by atoms with van der Waals surface area (Å²) < 4.78 is 37.2. The topological polar surface area (TPSA) is 59.3 Å². The number of nitriles is 1. The van der Waals surface area contributed by atoms with Crippen molar-refractivity contribution in [3.8, 4) is 17.6 Å². The Balaban J connectivity index is 1.78. The van der Waals surface area contributed by atoms with Gasteiger partial charge in [0, 0.05) is 16.0 Å². The number of para-hydroxylation sites is 1. The summed E-state index contributed by atoms with van der Waals surface area (Å²) in [5, 5.41) is 11.0. The number of hydrogen-bond donors (Lipinski definition) is 0. The maximum absolute atomic E-state index is 13.0. The molecule has 0 aliphatic rings. The number of halogens is 2. The van der Waals surface area contributed by atoms with E-state index in [9.17, 15) is 18.8 Å². The van der Waals surface area contributed by atoms with Crippen LogP contribution >= 0.6 is 11.3 Å². The zero-order valence-electron chi connectivity index (χ0n) is 17.0. The number of esters is 1. The van der Waals surface area contributed by atoms with Gasteiger partial charge in [-0.1, -0.05) is 44.2 Å². The van der Waals surface area contributed by atoms with Crippen molar-refractivity contribution in [2.75, 3.05) is 0 Å². The lowest BCUT2D eigenvalue weighted by atomic mass is 9.94. The summed E-state index contributed by atoms with van der Waals surface area (Å²) in [7, 11) is 0. The van der Waals surface area contributed by atoms with Crippen molar-refractivity contribution in [1.29, 1.82) is 5.26 Å². The fourth-order valence-corrected chi connectivity index (χ4v) is 4.25. The van der Waals surface area contributed by atoms with Gasteiger partial charge in [0.1, 0.15) is 17.6 Å². The van der Waals surface area contributed by atoms with Crippen molar-refractivity contribution in [1.82, 2.24) is 0 Å². The van der Waals surface area contributed by atoms with Crippen molar-refractivity contribution in [2.45, 2.75) is 32.3 Å². The Hall–Kier alpha value is -3.24. The number of hydrogen-bond acceptors (Lipinski definition) is 5. The summed E-state index contributed by atoms with van der Waals surface area (Å²) in [6.07, 6.45) is -3.75. The molecule has 0 N–H and O–H groups in total. The van der Waals surface area contributed by atoms with Gasteiger partial charge in [0.2, 0.25) is 6.10 Å². The maximum atomic E-state index is 13.0. The Bertz CT molecular complexity index is 1060. The summed E-state index contributed by atoms with van der Waals surface area (Å²) >= 11 is 1.09. The minimum Gasteiger partial charge on any atom is -0.457 e. The van der Waals surface area contributed by atoms with E-state index >= 15 is 0 Å². The smallest absolute Gasteiger partial charge is 0.316 e. The monoisotopic (exact) mass is 441 g/mol. The molecule has 7 heteroatoms. The normalized spacial score (nSPS) is 12.9. The molecule has 0 fully saturated rings. The van der Waals surface area contributed by atoms with Gasteiger partial charge in [-0.05, 0) is 41.6 Å². The highest BCUT2D eigenvalue weighted by atomic mass is 32.1. The number of ether oxygens (including phenoxy) is 2. The van der Waals surface area contributed by atoms with Crippen LogP contribution in [0.15, 0.2) is 66.0 Å². The molecule has 31 heavy (non-hydrogen) atoms. The second-order valence-electron chi connectivity index (χ2n) is 7.24. The standard InChI is InChI=1S/C24H21F2NO3S/c1-15(2)22(21-12-17(14-31-21)23(25)26)24(28)30-20(13-27)16-7-6-10-19(11-16)29-18-8-4-3-5-9-18/h3-12,14-15,20,22-23H,1-2H3. The molecule has 4 nitrogen and oxygen atoms in total. The lowest BCUT2D eigenvalue weighted by Crippen LogP contribution is -2.22. The predicted molar refractivity (Wildman–Crippen MR) is 114 cm³/mol. The predicted octanol–water partition coefficient (Wildman–Crippen LogP) is 7.03. The molecular formula is C24H21F2NO3S. The second kappa shape index (κ2) is 10.2. The first-order chi connectivity index (χ1) is 14.9. The summed E-state index contributed by atoms with van der Waals surface area (Å²) in [4.78, 5) is 13.4. The first-order valence-electron chi connectivity index (χ1n) is 9.68. The number of benzene rings is 2. The lowest BCUT2D eigenvalue weighted by molar-refractivity contribution is -0.149. The van der Waals surface area contributed by atoms with Crippen LogP contribution in [0.1, 0.15) is 48.3 Å². The van der Waals surface area contributed by atoms with Gasteiger partial charge in [0.15, 0.2) is 0 Å². The molecule has 3 rings (SSSR count). The molecule has 0 bridgehead atoms. The van der Waals surface area contributed by atoms with Gasteiger partial charge in [-0.15, -0.1) is 11.3 Å². The minimum absolute atomic E-state index is 0.124. The Labute approximate surface area is 183 Å². The van der Waals surface area contributed by atoms with E-state index in [0.29, 0.717) is 21.9 Å². The largest absolute Gasteiger partial charge is 0.457 e. The van der Waals surface area contributed by atoms with Crippen molar-refractivity contribution in [3.05, 3.63) is 82.0 Å². The fourth-order valence-electron chi connectivity index (χ4n) is 3.09. The van der Waals surface area contributed by atoms with Crippen LogP contribution in [0.2, 0.25) is 0 Å². The van der Waals surface area contributed by atoms with Gasteiger partial charge in [-0.25, -0.2) is 8.78 Å². The molecule has 0 aliphatic heterocycles. The first kappa shape index (κ1) is 22.4. The molecule has 3 aromatic rings. The van der Waals surface area contributed by atoms with E-state index in [1.165, 1.54) is 11.4 Å². The van der Waals surface area contributed by atoms with Crippen molar-refractivity contribution in [3.63, 3.8) is 0 Å². The van der Waals surface area contributed by atoms with Crippen LogP contribution < -0.4 is 4.74 Å². The van der Waals surface area contributed by atoms with E-state index in [-0.39, 0.29) is 11.5 Å².